The van der Waals surface area contributed by atoms with Crippen LogP contribution in [0.15, 0.2) is 18.3 Å². The van der Waals surface area contributed by atoms with Crippen molar-refractivity contribution >= 4 is 51.2 Å². The zero-order valence-corrected chi connectivity index (χ0v) is 14.2. The molecule has 0 aliphatic heterocycles. The van der Waals surface area contributed by atoms with Gasteiger partial charge in [-0.1, -0.05) is 11.6 Å². The number of fused-ring (bicyclic) bond motifs is 1. The molecular formula is C14H15ClINO2. The summed E-state index contributed by atoms with van der Waals surface area (Å²) in [5.74, 6) is 0. The van der Waals surface area contributed by atoms with Crippen LogP contribution in [0.4, 0.5) is 4.79 Å². The first kappa shape index (κ1) is 14.7. The van der Waals surface area contributed by atoms with Crippen LogP contribution in [0.1, 0.15) is 26.3 Å². The number of ether oxygens (including phenoxy) is 1. The smallest absolute Gasteiger partial charge is 0.419 e. The molecule has 0 saturated heterocycles. The Kier molecular flexibility index (Phi) is 3.84. The largest absolute Gasteiger partial charge is 0.443 e. The fraction of sp³-hybridized carbons (Fsp3) is 0.357. The summed E-state index contributed by atoms with van der Waals surface area (Å²) in [6, 6.07) is 3.79. The second kappa shape index (κ2) is 4.98. The van der Waals surface area contributed by atoms with Crippen LogP contribution in [-0.2, 0) is 4.74 Å². The van der Waals surface area contributed by atoms with Gasteiger partial charge in [0.2, 0.25) is 0 Å². The Hall–Kier alpha value is -0.750. The van der Waals surface area contributed by atoms with Gasteiger partial charge in [0, 0.05) is 20.2 Å². The third-order valence-corrected chi connectivity index (χ3v) is 3.89. The number of halogens is 2. The van der Waals surface area contributed by atoms with Crippen LogP contribution in [0.2, 0.25) is 5.02 Å². The average Bonchev–Trinajstić information content (AvgIpc) is 2.55. The Morgan fingerprint density at radius 1 is 1.37 bits per heavy atom. The topological polar surface area (TPSA) is 31.2 Å². The highest BCUT2D eigenvalue weighted by Crippen LogP contribution is 2.29. The monoisotopic (exact) mass is 391 g/mol. The van der Waals surface area contributed by atoms with Crippen LogP contribution in [0.25, 0.3) is 10.9 Å². The van der Waals surface area contributed by atoms with E-state index in [0.717, 1.165) is 20.0 Å². The first-order chi connectivity index (χ1) is 8.69. The molecule has 1 aromatic heterocycles. The molecule has 0 aliphatic rings. The van der Waals surface area contributed by atoms with Crippen LogP contribution in [0.5, 0.6) is 0 Å². The highest BCUT2D eigenvalue weighted by Gasteiger charge is 2.20. The van der Waals surface area contributed by atoms with Crippen molar-refractivity contribution in [1.82, 2.24) is 4.57 Å². The molecule has 0 fully saturated rings. The summed E-state index contributed by atoms with van der Waals surface area (Å²) in [5.41, 5.74) is 1.25. The van der Waals surface area contributed by atoms with Crippen molar-refractivity contribution in [1.29, 1.82) is 0 Å². The van der Waals surface area contributed by atoms with E-state index in [1.54, 1.807) is 6.20 Å². The Balaban J connectivity index is 2.56. The second-order valence-corrected chi connectivity index (χ2v) is 7.02. The van der Waals surface area contributed by atoms with Gasteiger partial charge in [-0.15, -0.1) is 0 Å². The molecule has 0 radical (unpaired) electrons. The average molecular weight is 392 g/mol. The minimum absolute atomic E-state index is 0.373. The molecule has 0 N–H and O–H groups in total. The van der Waals surface area contributed by atoms with Crippen LogP contribution in [0.3, 0.4) is 0 Å². The molecule has 0 saturated carbocycles. The number of benzene rings is 1. The van der Waals surface area contributed by atoms with Gasteiger partial charge in [-0.3, -0.25) is 4.57 Å². The van der Waals surface area contributed by atoms with Crippen molar-refractivity contribution in [2.45, 2.75) is 33.3 Å². The summed E-state index contributed by atoms with van der Waals surface area (Å²) >= 11 is 8.32. The Labute approximate surface area is 131 Å². The molecule has 0 amide bonds. The van der Waals surface area contributed by atoms with E-state index in [1.807, 2.05) is 39.8 Å². The summed E-state index contributed by atoms with van der Waals surface area (Å²) in [6.07, 6.45) is 1.40. The van der Waals surface area contributed by atoms with Crippen LogP contribution < -0.4 is 0 Å². The molecule has 2 rings (SSSR count). The molecule has 1 heterocycles. The quantitative estimate of drug-likeness (QED) is 0.592. The third-order valence-electron chi connectivity index (χ3n) is 2.63. The minimum Gasteiger partial charge on any atom is -0.443 e. The molecular weight excluding hydrogens is 377 g/mol. The number of carbonyl (C=O) groups is 1. The summed E-state index contributed by atoms with van der Waals surface area (Å²) in [5, 5.41) is 1.66. The Morgan fingerprint density at radius 2 is 2.00 bits per heavy atom. The van der Waals surface area contributed by atoms with Crippen molar-refractivity contribution in [2.75, 3.05) is 0 Å². The fourth-order valence-electron chi connectivity index (χ4n) is 1.77. The molecule has 5 heteroatoms. The van der Waals surface area contributed by atoms with Gasteiger partial charge in [0.15, 0.2) is 0 Å². The number of carbonyl (C=O) groups excluding carboxylic acids is 1. The summed E-state index contributed by atoms with van der Waals surface area (Å²) in [7, 11) is 0. The highest BCUT2D eigenvalue weighted by molar-refractivity contribution is 14.1. The van der Waals surface area contributed by atoms with Gasteiger partial charge in [0.1, 0.15) is 5.60 Å². The van der Waals surface area contributed by atoms with Gasteiger partial charge in [-0.2, -0.15) is 0 Å². The van der Waals surface area contributed by atoms with Gasteiger partial charge in [-0.05, 0) is 68.0 Å². The summed E-state index contributed by atoms with van der Waals surface area (Å²) in [6.45, 7) is 7.47. The molecule has 3 nitrogen and oxygen atoms in total. The number of aromatic nitrogens is 1. The van der Waals surface area contributed by atoms with E-state index in [4.69, 9.17) is 16.3 Å². The van der Waals surface area contributed by atoms with Crippen molar-refractivity contribution < 1.29 is 9.53 Å². The molecule has 0 unspecified atom stereocenters. The zero-order chi connectivity index (χ0) is 14.4. The van der Waals surface area contributed by atoms with E-state index in [2.05, 4.69) is 22.6 Å². The number of hydrogen-bond acceptors (Lipinski definition) is 2. The number of hydrogen-bond donors (Lipinski definition) is 0. The maximum atomic E-state index is 12.2. The first-order valence-electron chi connectivity index (χ1n) is 5.89. The SMILES string of the molecule is Cc1cc2c(cc1Cl)c(I)cn2C(=O)OC(C)(C)C. The fourth-order valence-corrected chi connectivity index (χ4v) is 2.65. The van der Waals surface area contributed by atoms with Crippen LogP contribution >= 0.6 is 34.2 Å². The van der Waals surface area contributed by atoms with Gasteiger partial charge in [0.05, 0.1) is 5.52 Å². The summed E-state index contributed by atoms with van der Waals surface area (Å²) < 4.78 is 7.91. The Morgan fingerprint density at radius 3 is 2.58 bits per heavy atom. The molecule has 1 aromatic carbocycles. The second-order valence-electron chi connectivity index (χ2n) is 5.45. The number of rotatable bonds is 0. The minimum atomic E-state index is -0.513. The van der Waals surface area contributed by atoms with Crippen molar-refractivity contribution in [3.8, 4) is 0 Å². The standard InChI is InChI=1S/C14H15ClINO2/c1-8-5-12-9(6-10(8)15)11(16)7-17(12)13(18)19-14(2,3)4/h5-7H,1-4H3. The lowest BCUT2D eigenvalue weighted by Gasteiger charge is -2.19. The molecule has 0 spiro atoms. The van der Waals surface area contributed by atoms with E-state index in [0.29, 0.717) is 5.02 Å². The zero-order valence-electron chi connectivity index (χ0n) is 11.3. The van der Waals surface area contributed by atoms with Gasteiger partial charge < -0.3 is 4.74 Å². The normalized spacial score (nSPS) is 11.9. The molecule has 19 heavy (non-hydrogen) atoms. The molecule has 2 aromatic rings. The lowest BCUT2D eigenvalue weighted by molar-refractivity contribution is 0.0544. The molecule has 0 atom stereocenters. The van der Waals surface area contributed by atoms with Crippen molar-refractivity contribution in [3.63, 3.8) is 0 Å². The predicted octanol–water partition coefficient (Wildman–Crippen LogP) is 4.99. The summed E-state index contributed by atoms with van der Waals surface area (Å²) in [4.78, 5) is 12.2. The van der Waals surface area contributed by atoms with Crippen LogP contribution in [-0.4, -0.2) is 16.3 Å². The van der Waals surface area contributed by atoms with Crippen LogP contribution in [0, 0.1) is 10.5 Å². The molecule has 0 bridgehead atoms. The predicted molar refractivity (Wildman–Crippen MR) is 86.0 cm³/mol. The lowest BCUT2D eigenvalue weighted by atomic mass is 10.2. The lowest BCUT2D eigenvalue weighted by Crippen LogP contribution is -2.26. The van der Waals surface area contributed by atoms with E-state index < -0.39 is 5.60 Å². The van der Waals surface area contributed by atoms with E-state index in [-0.39, 0.29) is 6.09 Å². The van der Waals surface area contributed by atoms with Gasteiger partial charge in [-0.25, -0.2) is 4.79 Å². The molecule has 0 aliphatic carbocycles. The van der Waals surface area contributed by atoms with Crippen molar-refractivity contribution in [3.05, 3.63) is 32.5 Å². The first-order valence-corrected chi connectivity index (χ1v) is 7.35. The van der Waals surface area contributed by atoms with E-state index in [9.17, 15) is 4.79 Å². The van der Waals surface area contributed by atoms with Gasteiger partial charge in [0.25, 0.3) is 0 Å². The third kappa shape index (κ3) is 3.05. The van der Waals surface area contributed by atoms with E-state index in [1.165, 1.54) is 4.57 Å². The molecule has 102 valence electrons. The van der Waals surface area contributed by atoms with E-state index >= 15 is 0 Å². The number of nitrogens with zero attached hydrogens (tertiary/aromatic N) is 1. The maximum absolute atomic E-state index is 12.2. The number of aryl methyl sites for hydroxylation is 1. The van der Waals surface area contributed by atoms with Crippen molar-refractivity contribution in [2.24, 2.45) is 0 Å². The highest BCUT2D eigenvalue weighted by atomic mass is 127. The maximum Gasteiger partial charge on any atom is 0.419 e. The van der Waals surface area contributed by atoms with Gasteiger partial charge >= 0.3 is 6.09 Å². The Bertz CT molecular complexity index is 655.